The van der Waals surface area contributed by atoms with Gasteiger partial charge in [-0.1, -0.05) is 36.4 Å². The Morgan fingerprint density at radius 1 is 1.28 bits per heavy atom. The van der Waals surface area contributed by atoms with Gasteiger partial charge in [0, 0.05) is 18.0 Å². The normalized spacial score (nSPS) is 21.5. The molecule has 1 aromatic heterocycles. The number of aldehydes is 1. The third kappa shape index (κ3) is 5.12. The topological polar surface area (TPSA) is 138 Å². The molecule has 3 aromatic rings. The summed E-state index contributed by atoms with van der Waals surface area (Å²) in [5.41, 5.74) is 4.96. The fourth-order valence-electron chi connectivity index (χ4n) is 3.40. The number of benzene rings is 2. The maximum atomic E-state index is 12.1. The molecule has 11 heteroatoms. The summed E-state index contributed by atoms with van der Waals surface area (Å²) in [6, 6.07) is 14.9. The number of hydrogen-bond acceptors (Lipinski definition) is 9. The first kappa shape index (κ1) is 22.3. The zero-order valence-electron chi connectivity index (χ0n) is 17.0. The van der Waals surface area contributed by atoms with Crippen molar-refractivity contribution in [2.24, 2.45) is 0 Å². The van der Waals surface area contributed by atoms with Crippen LogP contribution in [-0.4, -0.2) is 46.3 Å². The Balaban J connectivity index is 1.43. The van der Waals surface area contributed by atoms with Crippen molar-refractivity contribution in [2.45, 2.75) is 24.9 Å². The molecule has 4 unspecified atom stereocenters. The van der Waals surface area contributed by atoms with Gasteiger partial charge in [0.15, 0.2) is 0 Å². The van der Waals surface area contributed by atoms with E-state index in [9.17, 15) is 14.7 Å². The lowest BCUT2D eigenvalue weighted by Gasteiger charge is -2.21. The van der Waals surface area contributed by atoms with Crippen molar-refractivity contribution in [3.8, 4) is 5.75 Å². The number of nitrogens with two attached hydrogens (primary N) is 1. The fourth-order valence-corrected chi connectivity index (χ4v) is 4.46. The highest BCUT2D eigenvalue weighted by Crippen LogP contribution is 2.40. The van der Waals surface area contributed by atoms with Crippen LogP contribution in [0, 0.1) is 0 Å². The number of aromatic nitrogens is 2. The van der Waals surface area contributed by atoms with Gasteiger partial charge in [-0.15, -0.1) is 0 Å². The van der Waals surface area contributed by atoms with Crippen molar-refractivity contribution in [2.75, 3.05) is 18.9 Å². The monoisotopic (exact) mass is 458 g/mol. The summed E-state index contributed by atoms with van der Waals surface area (Å²) in [6.07, 6.45) is 0.153. The van der Waals surface area contributed by atoms with Gasteiger partial charge in [0.2, 0.25) is 0 Å². The average molecular weight is 458 g/mol. The molecule has 1 fully saturated rings. The van der Waals surface area contributed by atoms with Crippen LogP contribution >= 0.6 is 8.53 Å². The van der Waals surface area contributed by atoms with Crippen molar-refractivity contribution in [1.29, 1.82) is 0 Å². The molecule has 0 amide bonds. The van der Waals surface area contributed by atoms with Crippen molar-refractivity contribution < 1.29 is 23.7 Å². The number of carbonyl (C=O) groups is 1. The summed E-state index contributed by atoms with van der Waals surface area (Å²) in [6.45, 7) is 0.0385. The Morgan fingerprint density at radius 2 is 2.09 bits per heavy atom. The smallest absolute Gasteiger partial charge is 0.351 e. The summed E-state index contributed by atoms with van der Waals surface area (Å²) in [7, 11) is -1.70. The fraction of sp³-hybridized carbons (Fsp3) is 0.286. The Morgan fingerprint density at radius 3 is 2.91 bits per heavy atom. The van der Waals surface area contributed by atoms with E-state index in [2.05, 4.69) is 10.1 Å². The number of rotatable bonds is 9. The third-order valence-corrected chi connectivity index (χ3v) is 6.14. The highest BCUT2D eigenvalue weighted by molar-refractivity contribution is 7.45. The predicted molar refractivity (Wildman–Crippen MR) is 119 cm³/mol. The van der Waals surface area contributed by atoms with E-state index in [0.29, 0.717) is 12.0 Å². The van der Waals surface area contributed by atoms with Crippen LogP contribution in [0.4, 0.5) is 5.82 Å². The highest BCUT2D eigenvalue weighted by atomic mass is 31.2. The van der Waals surface area contributed by atoms with Crippen molar-refractivity contribution >= 4 is 31.4 Å². The quantitative estimate of drug-likeness (QED) is 0.323. The van der Waals surface area contributed by atoms with Gasteiger partial charge in [-0.25, -0.2) is 9.88 Å². The van der Waals surface area contributed by atoms with Crippen LogP contribution < -0.4 is 21.0 Å². The van der Waals surface area contributed by atoms with Crippen LogP contribution in [0.1, 0.15) is 12.6 Å². The van der Waals surface area contributed by atoms with Crippen LogP contribution in [0.2, 0.25) is 0 Å². The molecular weight excluding hydrogens is 435 g/mol. The minimum Gasteiger partial charge on any atom is -0.435 e. The summed E-state index contributed by atoms with van der Waals surface area (Å²) in [5.74, 6) is 0.722. The van der Waals surface area contributed by atoms with E-state index < -0.39 is 32.7 Å². The van der Waals surface area contributed by atoms with Gasteiger partial charge in [-0.2, -0.15) is 4.98 Å². The SMILES string of the molecule is Nc1ccn(C2CC(O)C(COP(NCC=O)Oc3cccc4ccccc34)O2)c(=O)n1. The summed E-state index contributed by atoms with van der Waals surface area (Å²) < 4.78 is 19.0. The standard InChI is InChI=1S/C21H23N4O6P/c22-19-8-10-25(21(28)24-19)20-12-16(27)18(30-20)13-29-32(23-9-11-26)31-17-7-3-5-14-4-1-2-6-15(14)17/h1-8,10-11,16,18,20,23,27H,9,12-13H2,(H2,22,24,28). The van der Waals surface area contributed by atoms with Gasteiger partial charge < -0.3 is 29.4 Å². The summed E-state index contributed by atoms with van der Waals surface area (Å²) in [5, 5.41) is 15.2. The minimum absolute atomic E-state index is 0.00283. The first-order chi connectivity index (χ1) is 15.5. The number of aliphatic hydroxyl groups is 1. The van der Waals surface area contributed by atoms with Gasteiger partial charge >= 0.3 is 14.2 Å². The van der Waals surface area contributed by atoms with Crippen molar-refractivity contribution in [1.82, 2.24) is 14.6 Å². The number of fused-ring (bicyclic) bond motifs is 1. The zero-order chi connectivity index (χ0) is 22.5. The van der Waals surface area contributed by atoms with Gasteiger partial charge in [0.05, 0.1) is 19.3 Å². The molecule has 0 aliphatic carbocycles. The molecule has 4 atom stereocenters. The predicted octanol–water partition coefficient (Wildman–Crippen LogP) is 1.74. The van der Waals surface area contributed by atoms with Gasteiger partial charge in [-0.05, 0) is 17.5 Å². The van der Waals surface area contributed by atoms with Crippen molar-refractivity contribution in [3.05, 3.63) is 65.2 Å². The minimum atomic E-state index is -1.70. The molecule has 32 heavy (non-hydrogen) atoms. The van der Waals surface area contributed by atoms with E-state index in [4.69, 9.17) is 19.5 Å². The Hall–Kier alpha value is -2.88. The summed E-state index contributed by atoms with van der Waals surface area (Å²) in [4.78, 5) is 26.6. The molecule has 0 spiro atoms. The second-order valence-corrected chi connectivity index (χ2v) is 8.40. The molecule has 10 nitrogen and oxygen atoms in total. The van der Waals surface area contributed by atoms with E-state index in [1.807, 2.05) is 42.5 Å². The van der Waals surface area contributed by atoms with Gasteiger partial charge in [0.25, 0.3) is 0 Å². The number of aliphatic hydroxyl groups excluding tert-OH is 1. The number of nitrogens with one attached hydrogen (secondary N) is 1. The number of carbonyl (C=O) groups excluding carboxylic acids is 1. The van der Waals surface area contributed by atoms with Crippen LogP contribution in [0.3, 0.4) is 0 Å². The number of hydrogen-bond donors (Lipinski definition) is 3. The molecule has 0 bridgehead atoms. The number of ether oxygens (including phenoxy) is 1. The lowest BCUT2D eigenvalue weighted by atomic mass is 10.1. The van der Waals surface area contributed by atoms with E-state index in [0.717, 1.165) is 10.8 Å². The zero-order valence-corrected chi connectivity index (χ0v) is 17.9. The molecule has 2 aromatic carbocycles. The largest absolute Gasteiger partial charge is 0.435 e. The third-order valence-electron chi connectivity index (χ3n) is 4.96. The van der Waals surface area contributed by atoms with E-state index >= 15 is 0 Å². The summed E-state index contributed by atoms with van der Waals surface area (Å²) >= 11 is 0. The average Bonchev–Trinajstić information content (AvgIpc) is 3.15. The van der Waals surface area contributed by atoms with Crippen molar-refractivity contribution in [3.63, 3.8) is 0 Å². The Labute approximate surface area is 184 Å². The first-order valence-corrected chi connectivity index (χ1v) is 11.2. The van der Waals surface area contributed by atoms with Crippen LogP contribution in [0.5, 0.6) is 5.75 Å². The highest BCUT2D eigenvalue weighted by Gasteiger charge is 2.36. The van der Waals surface area contributed by atoms with Crippen LogP contribution in [0.25, 0.3) is 10.8 Å². The second-order valence-electron chi connectivity index (χ2n) is 7.12. The molecule has 4 N–H and O–H groups in total. The lowest BCUT2D eigenvalue weighted by molar-refractivity contribution is -0.107. The van der Waals surface area contributed by atoms with E-state index in [1.54, 1.807) is 0 Å². The van der Waals surface area contributed by atoms with E-state index in [1.165, 1.54) is 16.8 Å². The molecule has 0 radical (unpaired) electrons. The molecule has 1 saturated heterocycles. The second kappa shape index (κ2) is 10.2. The molecule has 0 saturated carbocycles. The van der Waals surface area contributed by atoms with E-state index in [-0.39, 0.29) is 25.4 Å². The maximum absolute atomic E-state index is 12.1. The Kier molecular flexibility index (Phi) is 7.09. The van der Waals surface area contributed by atoms with Crippen LogP contribution in [-0.2, 0) is 14.1 Å². The molecule has 4 rings (SSSR count). The number of nitrogen functional groups attached to an aromatic ring is 1. The lowest BCUT2D eigenvalue weighted by Crippen LogP contribution is -2.29. The molecule has 2 heterocycles. The maximum Gasteiger partial charge on any atom is 0.351 e. The van der Waals surface area contributed by atoms with Gasteiger partial charge in [-0.3, -0.25) is 4.57 Å². The Bertz CT molecular complexity index is 1140. The van der Waals surface area contributed by atoms with Crippen LogP contribution in [0.15, 0.2) is 59.5 Å². The number of nitrogens with zero attached hydrogens (tertiary/aromatic N) is 2. The molecule has 168 valence electrons. The van der Waals surface area contributed by atoms with Gasteiger partial charge in [0.1, 0.15) is 30.2 Å². The molecule has 1 aliphatic rings. The molecular formula is C21H23N4O6P. The molecule has 1 aliphatic heterocycles. The first-order valence-electron chi connectivity index (χ1n) is 9.99. The number of anilines is 1.